The van der Waals surface area contributed by atoms with Crippen molar-refractivity contribution in [2.45, 2.75) is 12.5 Å². The number of rotatable bonds is 3. The summed E-state index contributed by atoms with van der Waals surface area (Å²) in [4.78, 5) is 44.4. The third kappa shape index (κ3) is 1.19. The van der Waals surface area contributed by atoms with E-state index in [2.05, 4.69) is 0 Å². The first-order valence-electron chi connectivity index (χ1n) is 4.27. The quantitative estimate of drug-likeness (QED) is 0.437. The summed E-state index contributed by atoms with van der Waals surface area (Å²) in [6.07, 6.45) is 0.417. The van der Waals surface area contributed by atoms with E-state index in [4.69, 9.17) is 10.2 Å². The molecule has 1 heterocycles. The van der Waals surface area contributed by atoms with Gasteiger partial charge in [-0.1, -0.05) is 0 Å². The second kappa shape index (κ2) is 2.78. The smallest absolute Gasteiger partial charge is 0.338 e. The van der Waals surface area contributed by atoms with Crippen LogP contribution in [0, 0.1) is 11.8 Å². The topological polar surface area (TPSA) is 112 Å². The van der Waals surface area contributed by atoms with Gasteiger partial charge in [0, 0.05) is 0 Å². The minimum Gasteiger partial charge on any atom is -0.479 e. The van der Waals surface area contributed by atoms with Gasteiger partial charge in [0.2, 0.25) is 17.9 Å². The summed E-state index contributed by atoms with van der Waals surface area (Å²) in [5.74, 6) is -5.74. The molecule has 2 rings (SSSR count). The fraction of sp³-hybridized carbons (Fsp3) is 0.500. The highest BCUT2D eigenvalue weighted by atomic mass is 16.4. The van der Waals surface area contributed by atoms with Crippen LogP contribution in [0.2, 0.25) is 0 Å². The zero-order valence-corrected chi connectivity index (χ0v) is 7.41. The molecule has 0 radical (unpaired) electrons. The number of hydrogen-bond acceptors (Lipinski definition) is 4. The van der Waals surface area contributed by atoms with Gasteiger partial charge in [0.05, 0.1) is 11.8 Å². The van der Waals surface area contributed by atoms with Crippen LogP contribution in [0.5, 0.6) is 0 Å². The van der Waals surface area contributed by atoms with Gasteiger partial charge in [0.15, 0.2) is 0 Å². The Hall–Kier alpha value is -1.92. The second-order valence-electron chi connectivity index (χ2n) is 3.57. The summed E-state index contributed by atoms with van der Waals surface area (Å²) in [5.41, 5.74) is 0. The van der Waals surface area contributed by atoms with E-state index in [9.17, 15) is 19.2 Å². The monoisotopic (exact) mass is 213 g/mol. The molecular formula is C8H7NO6. The lowest BCUT2D eigenvalue weighted by Crippen LogP contribution is -2.51. The lowest BCUT2D eigenvalue weighted by Gasteiger charge is -2.20. The second-order valence-corrected chi connectivity index (χ2v) is 3.57. The van der Waals surface area contributed by atoms with E-state index in [0.29, 0.717) is 11.3 Å². The van der Waals surface area contributed by atoms with E-state index < -0.39 is 41.6 Å². The number of fused-ring (bicyclic) bond motifs is 1. The van der Waals surface area contributed by atoms with E-state index in [1.807, 2.05) is 0 Å². The van der Waals surface area contributed by atoms with Crippen molar-refractivity contribution in [3.8, 4) is 0 Å². The lowest BCUT2D eigenvalue weighted by atomic mass is 10.2. The Kier molecular flexibility index (Phi) is 1.79. The zero-order chi connectivity index (χ0) is 11.3. The predicted octanol–water partition coefficient (Wildman–Crippen LogP) is -1.47. The average molecular weight is 213 g/mol. The van der Waals surface area contributed by atoms with Crippen molar-refractivity contribution in [3.63, 3.8) is 0 Å². The molecule has 2 amide bonds. The fourth-order valence-corrected chi connectivity index (χ4v) is 1.79. The largest absolute Gasteiger partial charge is 0.479 e. The van der Waals surface area contributed by atoms with Crippen LogP contribution in [-0.2, 0) is 19.2 Å². The Morgan fingerprint density at radius 3 is 1.87 bits per heavy atom. The molecular weight excluding hydrogens is 206 g/mol. The first-order valence-corrected chi connectivity index (χ1v) is 4.27. The van der Waals surface area contributed by atoms with Crippen LogP contribution in [0.1, 0.15) is 6.42 Å². The highest BCUT2D eigenvalue weighted by Gasteiger charge is 2.62. The summed E-state index contributed by atoms with van der Waals surface area (Å²) in [7, 11) is 0. The maximum absolute atomic E-state index is 11.4. The van der Waals surface area contributed by atoms with Crippen LogP contribution >= 0.6 is 0 Å². The number of hydrogen-bond donors (Lipinski definition) is 2. The summed E-state index contributed by atoms with van der Waals surface area (Å²) < 4.78 is 0. The molecule has 2 unspecified atom stereocenters. The number of amides is 2. The van der Waals surface area contributed by atoms with Gasteiger partial charge in [0.1, 0.15) is 0 Å². The van der Waals surface area contributed by atoms with Crippen LogP contribution in [0.3, 0.4) is 0 Å². The van der Waals surface area contributed by atoms with Crippen molar-refractivity contribution in [1.29, 1.82) is 0 Å². The molecule has 7 nitrogen and oxygen atoms in total. The van der Waals surface area contributed by atoms with Gasteiger partial charge in [-0.05, 0) is 6.42 Å². The summed E-state index contributed by atoms with van der Waals surface area (Å²) >= 11 is 0. The molecule has 80 valence electrons. The first kappa shape index (κ1) is 9.63. The molecule has 1 aliphatic heterocycles. The van der Waals surface area contributed by atoms with Crippen molar-refractivity contribution < 1.29 is 29.4 Å². The Bertz CT molecular complexity index is 355. The van der Waals surface area contributed by atoms with Crippen LogP contribution < -0.4 is 0 Å². The number of aliphatic carboxylic acids is 2. The normalized spacial score (nSPS) is 28.2. The van der Waals surface area contributed by atoms with Gasteiger partial charge in [0.25, 0.3) is 0 Å². The maximum Gasteiger partial charge on any atom is 0.338 e. The molecule has 1 aliphatic carbocycles. The lowest BCUT2D eigenvalue weighted by molar-refractivity contribution is -0.165. The number of likely N-dealkylation sites (tertiary alicyclic amines) is 1. The summed E-state index contributed by atoms with van der Waals surface area (Å²) in [5, 5.41) is 17.2. The molecule has 7 heteroatoms. The molecule has 0 bridgehead atoms. The third-order valence-electron chi connectivity index (χ3n) is 2.63. The predicted molar refractivity (Wildman–Crippen MR) is 42.5 cm³/mol. The minimum absolute atomic E-state index is 0.351. The van der Waals surface area contributed by atoms with Crippen molar-refractivity contribution in [1.82, 2.24) is 4.90 Å². The highest BCUT2D eigenvalue weighted by molar-refractivity contribution is 6.15. The highest BCUT2D eigenvalue weighted by Crippen LogP contribution is 2.47. The average Bonchev–Trinajstić information content (AvgIpc) is 2.84. The van der Waals surface area contributed by atoms with Gasteiger partial charge >= 0.3 is 11.9 Å². The number of piperidine rings is 1. The number of carbonyl (C=O) groups excluding carboxylic acids is 2. The summed E-state index contributed by atoms with van der Waals surface area (Å²) in [6, 6.07) is -2.09. The van der Waals surface area contributed by atoms with Gasteiger partial charge in [-0.3, -0.25) is 14.5 Å². The van der Waals surface area contributed by atoms with Crippen molar-refractivity contribution in [3.05, 3.63) is 0 Å². The Morgan fingerprint density at radius 2 is 1.53 bits per heavy atom. The molecule has 0 aromatic carbocycles. The van der Waals surface area contributed by atoms with Gasteiger partial charge < -0.3 is 10.2 Å². The minimum atomic E-state index is -2.09. The van der Waals surface area contributed by atoms with Gasteiger partial charge in [-0.2, -0.15) is 0 Å². The molecule has 15 heavy (non-hydrogen) atoms. The zero-order valence-electron chi connectivity index (χ0n) is 7.41. The van der Waals surface area contributed by atoms with E-state index in [-0.39, 0.29) is 0 Å². The number of carboxylic acid groups (broad SMARTS) is 2. The fourth-order valence-electron chi connectivity index (χ4n) is 1.79. The number of carbonyl (C=O) groups is 4. The Morgan fingerprint density at radius 1 is 1.13 bits per heavy atom. The number of imide groups is 1. The van der Waals surface area contributed by atoms with Crippen molar-refractivity contribution >= 4 is 23.8 Å². The van der Waals surface area contributed by atoms with Crippen LogP contribution in [0.4, 0.5) is 0 Å². The maximum atomic E-state index is 11.4. The Labute approximate surface area is 83.3 Å². The van der Waals surface area contributed by atoms with E-state index in [1.165, 1.54) is 0 Å². The van der Waals surface area contributed by atoms with E-state index in [0.717, 1.165) is 0 Å². The molecule has 2 atom stereocenters. The molecule has 2 aliphatic rings. The number of carboxylic acids is 2. The molecule has 0 spiro atoms. The van der Waals surface area contributed by atoms with Crippen molar-refractivity contribution in [2.75, 3.05) is 0 Å². The molecule has 0 aromatic heterocycles. The van der Waals surface area contributed by atoms with Gasteiger partial charge in [-0.25, -0.2) is 9.59 Å². The number of nitrogens with zero attached hydrogens (tertiary/aromatic N) is 1. The standard InChI is InChI=1S/C8H7NO6/c10-5-2-1-3(2)6(11)9(5)4(7(12)13)8(14)15/h2-4H,1H2,(H,12,13)(H,14,15). The molecule has 2 fully saturated rings. The SMILES string of the molecule is O=C(O)C(C(=O)O)N1C(=O)C2CC2C1=O. The Balaban J connectivity index is 2.29. The van der Waals surface area contributed by atoms with Crippen molar-refractivity contribution in [2.24, 2.45) is 11.8 Å². The van der Waals surface area contributed by atoms with Crippen LogP contribution in [-0.4, -0.2) is 44.9 Å². The van der Waals surface area contributed by atoms with Crippen LogP contribution in [0.15, 0.2) is 0 Å². The van der Waals surface area contributed by atoms with Crippen LogP contribution in [0.25, 0.3) is 0 Å². The third-order valence-corrected chi connectivity index (χ3v) is 2.63. The molecule has 2 N–H and O–H groups in total. The van der Waals surface area contributed by atoms with E-state index >= 15 is 0 Å². The first-order chi connectivity index (χ1) is 6.95. The molecule has 0 aromatic rings. The van der Waals surface area contributed by atoms with E-state index in [1.54, 1.807) is 0 Å². The summed E-state index contributed by atoms with van der Waals surface area (Å²) in [6.45, 7) is 0. The van der Waals surface area contributed by atoms with Gasteiger partial charge in [-0.15, -0.1) is 0 Å². The molecule has 1 saturated carbocycles. The molecule has 1 saturated heterocycles.